The zero-order chi connectivity index (χ0) is 19.0. The first kappa shape index (κ1) is 24.5. The Bertz CT molecular complexity index is 589. The van der Waals surface area contributed by atoms with Gasteiger partial charge in [0, 0.05) is 31.7 Å². The van der Waals surface area contributed by atoms with E-state index in [-0.39, 0.29) is 35.6 Å². The molecule has 0 saturated heterocycles. The number of nitrogens with one attached hydrogen (secondary N) is 3. The Morgan fingerprint density at radius 2 is 1.62 bits per heavy atom. The maximum Gasteiger partial charge on any atom is 0.416 e. The molecule has 9 heteroatoms. The number of hydrogen-bond donors (Lipinski definition) is 3. The molecule has 0 bridgehead atoms. The first-order valence-electron chi connectivity index (χ1n) is 8.07. The molecule has 0 radical (unpaired) electrons. The lowest BCUT2D eigenvalue weighted by molar-refractivity contribution is -0.137. The van der Waals surface area contributed by atoms with E-state index in [0.29, 0.717) is 25.0 Å². The van der Waals surface area contributed by atoms with Gasteiger partial charge in [-0.05, 0) is 37.1 Å². The van der Waals surface area contributed by atoms with Gasteiger partial charge in [0.25, 0.3) is 5.91 Å². The van der Waals surface area contributed by atoms with E-state index in [1.807, 2.05) is 6.92 Å². The van der Waals surface area contributed by atoms with Crippen LogP contribution in [0.5, 0.6) is 0 Å². The highest BCUT2D eigenvalue weighted by Crippen LogP contribution is 2.28. The predicted molar refractivity (Wildman–Crippen MR) is 108 cm³/mol. The van der Waals surface area contributed by atoms with E-state index < -0.39 is 17.6 Å². The van der Waals surface area contributed by atoms with Crippen molar-refractivity contribution in [2.75, 3.05) is 20.1 Å². The van der Waals surface area contributed by atoms with Gasteiger partial charge in [-0.2, -0.15) is 13.2 Å². The van der Waals surface area contributed by atoms with Crippen LogP contribution < -0.4 is 16.0 Å². The summed E-state index contributed by atoms with van der Waals surface area (Å²) in [6, 6.07) is 4.36. The van der Waals surface area contributed by atoms with Crippen molar-refractivity contribution < 1.29 is 18.0 Å². The Morgan fingerprint density at radius 1 is 1.08 bits per heavy atom. The maximum atomic E-state index is 12.5. The van der Waals surface area contributed by atoms with Crippen molar-refractivity contribution >= 4 is 35.8 Å². The monoisotopic (exact) mass is 486 g/mol. The summed E-state index contributed by atoms with van der Waals surface area (Å²) in [5, 5.41) is 8.94. The average molecular weight is 486 g/mol. The van der Waals surface area contributed by atoms with Crippen LogP contribution in [0.4, 0.5) is 13.2 Å². The Labute approximate surface area is 169 Å². The lowest BCUT2D eigenvalue weighted by Gasteiger charge is -2.20. The molecule has 0 aliphatic heterocycles. The molecule has 1 aromatic carbocycles. The molecule has 0 aliphatic carbocycles. The average Bonchev–Trinajstić information content (AvgIpc) is 2.56. The molecule has 1 unspecified atom stereocenters. The summed E-state index contributed by atoms with van der Waals surface area (Å²) in [5.41, 5.74) is -0.594. The van der Waals surface area contributed by atoms with Crippen molar-refractivity contribution in [3.05, 3.63) is 35.4 Å². The highest BCUT2D eigenvalue weighted by molar-refractivity contribution is 14.0. The molecule has 0 heterocycles. The fourth-order valence-corrected chi connectivity index (χ4v) is 1.85. The summed E-state index contributed by atoms with van der Waals surface area (Å²) in [6.07, 6.45) is -4.41. The molecular formula is C17H26F3IN4O. The minimum absolute atomic E-state index is 0. The quantitative estimate of drug-likeness (QED) is 0.251. The number of aliphatic imine (C=N–C) groups is 1. The van der Waals surface area contributed by atoms with E-state index in [0.717, 1.165) is 24.3 Å². The number of halogens is 4. The van der Waals surface area contributed by atoms with Crippen LogP contribution in [-0.4, -0.2) is 38.0 Å². The molecule has 0 aliphatic rings. The lowest BCUT2D eigenvalue weighted by atomic mass is 10.1. The van der Waals surface area contributed by atoms with Crippen LogP contribution in [0.1, 0.15) is 36.7 Å². The molecule has 1 amide bonds. The molecule has 26 heavy (non-hydrogen) atoms. The number of alkyl halides is 3. The third kappa shape index (κ3) is 8.24. The molecule has 1 aromatic rings. The number of amides is 1. The van der Waals surface area contributed by atoms with Crippen molar-refractivity contribution in [3.63, 3.8) is 0 Å². The molecule has 148 valence electrons. The standard InChI is InChI=1S/C17H25F3N4O.HI/c1-11(2)12(3)24-16(21-4)23-10-9-22-15(25)13-5-7-14(8-6-13)17(18,19)20;/h5-8,11-12H,9-10H2,1-4H3,(H,22,25)(H2,21,23,24);1H. The van der Waals surface area contributed by atoms with Gasteiger partial charge in [-0.15, -0.1) is 24.0 Å². The van der Waals surface area contributed by atoms with Gasteiger partial charge in [0.05, 0.1) is 5.56 Å². The van der Waals surface area contributed by atoms with E-state index in [2.05, 4.69) is 34.8 Å². The highest BCUT2D eigenvalue weighted by Gasteiger charge is 2.30. The second-order valence-corrected chi connectivity index (χ2v) is 6.01. The minimum atomic E-state index is -4.41. The molecular weight excluding hydrogens is 460 g/mol. The highest BCUT2D eigenvalue weighted by atomic mass is 127. The van der Waals surface area contributed by atoms with Crippen molar-refractivity contribution in [1.29, 1.82) is 0 Å². The van der Waals surface area contributed by atoms with Crippen molar-refractivity contribution in [3.8, 4) is 0 Å². The number of guanidine groups is 1. The third-order valence-electron chi connectivity index (χ3n) is 3.77. The second-order valence-electron chi connectivity index (χ2n) is 6.01. The van der Waals surface area contributed by atoms with Crippen molar-refractivity contribution in [1.82, 2.24) is 16.0 Å². The van der Waals surface area contributed by atoms with Gasteiger partial charge in [0.2, 0.25) is 0 Å². The predicted octanol–water partition coefficient (Wildman–Crippen LogP) is 3.26. The SMILES string of the molecule is CN=C(NCCNC(=O)c1ccc(C(F)(F)F)cc1)NC(C)C(C)C.I. The Balaban J connectivity index is 0.00000625. The van der Waals surface area contributed by atoms with Gasteiger partial charge in [-0.3, -0.25) is 9.79 Å². The molecule has 1 atom stereocenters. The normalized spacial score (nSPS) is 13.0. The topological polar surface area (TPSA) is 65.5 Å². The van der Waals surface area contributed by atoms with Crippen LogP contribution in [-0.2, 0) is 6.18 Å². The third-order valence-corrected chi connectivity index (χ3v) is 3.77. The van der Waals surface area contributed by atoms with Crippen LogP contribution in [0, 0.1) is 5.92 Å². The van der Waals surface area contributed by atoms with Crippen molar-refractivity contribution in [2.45, 2.75) is 33.0 Å². The fourth-order valence-electron chi connectivity index (χ4n) is 1.85. The molecule has 1 rings (SSSR count). The summed E-state index contributed by atoms with van der Waals surface area (Å²) < 4.78 is 37.5. The van der Waals surface area contributed by atoms with E-state index in [4.69, 9.17) is 0 Å². The molecule has 0 saturated carbocycles. The molecule has 3 N–H and O–H groups in total. The number of hydrogen-bond acceptors (Lipinski definition) is 2. The Hall–Kier alpha value is -1.52. The maximum absolute atomic E-state index is 12.5. The molecule has 5 nitrogen and oxygen atoms in total. The van der Waals surface area contributed by atoms with E-state index in [9.17, 15) is 18.0 Å². The fraction of sp³-hybridized carbons (Fsp3) is 0.529. The molecule has 0 aromatic heterocycles. The van der Waals surface area contributed by atoms with Crippen LogP contribution in [0.2, 0.25) is 0 Å². The summed E-state index contributed by atoms with van der Waals surface area (Å²) in [6.45, 7) is 6.99. The van der Waals surface area contributed by atoms with Gasteiger partial charge < -0.3 is 16.0 Å². The zero-order valence-electron chi connectivity index (χ0n) is 15.3. The minimum Gasteiger partial charge on any atom is -0.355 e. The first-order chi connectivity index (χ1) is 11.6. The number of benzene rings is 1. The summed E-state index contributed by atoms with van der Waals surface area (Å²) in [5.74, 6) is 0.650. The van der Waals surface area contributed by atoms with Crippen LogP contribution in [0.3, 0.4) is 0 Å². The van der Waals surface area contributed by atoms with E-state index in [1.165, 1.54) is 0 Å². The summed E-state index contributed by atoms with van der Waals surface area (Å²) >= 11 is 0. The molecule has 0 spiro atoms. The first-order valence-corrected chi connectivity index (χ1v) is 8.07. The van der Waals surface area contributed by atoms with Gasteiger partial charge in [0.1, 0.15) is 0 Å². The number of carbonyl (C=O) groups is 1. The largest absolute Gasteiger partial charge is 0.416 e. The lowest BCUT2D eigenvalue weighted by Crippen LogP contribution is -2.46. The Morgan fingerprint density at radius 3 is 2.08 bits per heavy atom. The van der Waals surface area contributed by atoms with Crippen LogP contribution >= 0.6 is 24.0 Å². The van der Waals surface area contributed by atoms with Crippen molar-refractivity contribution in [2.24, 2.45) is 10.9 Å². The summed E-state index contributed by atoms with van der Waals surface area (Å²) in [7, 11) is 1.66. The van der Waals surface area contributed by atoms with Gasteiger partial charge in [-0.1, -0.05) is 13.8 Å². The number of rotatable bonds is 6. The van der Waals surface area contributed by atoms with E-state index in [1.54, 1.807) is 7.05 Å². The zero-order valence-corrected chi connectivity index (χ0v) is 17.6. The Kier molecular flexibility index (Phi) is 10.6. The molecule has 0 fully saturated rings. The smallest absolute Gasteiger partial charge is 0.355 e. The summed E-state index contributed by atoms with van der Waals surface area (Å²) in [4.78, 5) is 16.0. The van der Waals surface area contributed by atoms with Gasteiger partial charge >= 0.3 is 6.18 Å². The number of carbonyl (C=O) groups excluding carboxylic acids is 1. The van der Waals surface area contributed by atoms with Crippen LogP contribution in [0.25, 0.3) is 0 Å². The second kappa shape index (κ2) is 11.2. The van der Waals surface area contributed by atoms with Gasteiger partial charge in [-0.25, -0.2) is 0 Å². The van der Waals surface area contributed by atoms with Gasteiger partial charge in [0.15, 0.2) is 5.96 Å². The van der Waals surface area contributed by atoms with Crippen LogP contribution in [0.15, 0.2) is 29.3 Å². The van der Waals surface area contributed by atoms with E-state index >= 15 is 0 Å². The number of nitrogens with zero attached hydrogens (tertiary/aromatic N) is 1.